The maximum Gasteiger partial charge on any atom is 0.137 e. The topological polar surface area (TPSA) is 43.4 Å². The summed E-state index contributed by atoms with van der Waals surface area (Å²) in [4.78, 5) is 4.34. The van der Waals surface area contributed by atoms with E-state index in [2.05, 4.69) is 16.6 Å². The molecule has 1 aromatic rings. The van der Waals surface area contributed by atoms with Gasteiger partial charge in [-0.05, 0) is 30.6 Å². The lowest BCUT2D eigenvalue weighted by Gasteiger charge is -2.07. The molecule has 0 bridgehead atoms. The molecule has 4 nitrogen and oxygen atoms in total. The van der Waals surface area contributed by atoms with Gasteiger partial charge < -0.3 is 14.8 Å². The number of ether oxygens (including phenoxy) is 2. The van der Waals surface area contributed by atoms with Gasteiger partial charge in [-0.3, -0.25) is 4.98 Å². The Labute approximate surface area is 113 Å². The van der Waals surface area contributed by atoms with Gasteiger partial charge in [0.1, 0.15) is 5.75 Å². The van der Waals surface area contributed by atoms with Crippen molar-refractivity contribution in [3.63, 3.8) is 0 Å². The van der Waals surface area contributed by atoms with Crippen molar-refractivity contribution in [2.24, 2.45) is 0 Å². The summed E-state index contributed by atoms with van der Waals surface area (Å²) < 4.78 is 10.5. The van der Waals surface area contributed by atoms with Gasteiger partial charge in [0.25, 0.3) is 0 Å². The van der Waals surface area contributed by atoms with E-state index >= 15 is 0 Å². The van der Waals surface area contributed by atoms with Crippen LogP contribution in [-0.4, -0.2) is 43.9 Å². The minimum absolute atomic E-state index is 0.719. The lowest BCUT2D eigenvalue weighted by molar-refractivity contribution is 0.199. The molecule has 1 rings (SSSR count). The van der Waals surface area contributed by atoms with Gasteiger partial charge in [0, 0.05) is 20.2 Å². The normalized spacial score (nSPS) is 10.6. The minimum Gasteiger partial charge on any atom is -0.492 e. The molecule has 0 unspecified atom stereocenters. The predicted molar refractivity (Wildman–Crippen MR) is 76.3 cm³/mol. The Hall–Kier alpha value is -0.780. The van der Waals surface area contributed by atoms with Gasteiger partial charge in [-0.1, -0.05) is 0 Å². The highest BCUT2D eigenvalue weighted by molar-refractivity contribution is 7.98. The van der Waals surface area contributed by atoms with Gasteiger partial charge in [0.15, 0.2) is 0 Å². The quantitative estimate of drug-likeness (QED) is 0.658. The summed E-state index contributed by atoms with van der Waals surface area (Å²) in [6.07, 6.45) is 4.96. The molecule has 1 heterocycles. The summed E-state index contributed by atoms with van der Waals surface area (Å²) in [7, 11) is 1.70. The van der Waals surface area contributed by atoms with Crippen LogP contribution in [-0.2, 0) is 11.3 Å². The number of hydrogen-bond donors (Lipinski definition) is 1. The molecule has 0 aliphatic carbocycles. The molecule has 0 spiro atoms. The van der Waals surface area contributed by atoms with Crippen LogP contribution in [0.25, 0.3) is 0 Å². The fourth-order valence-electron chi connectivity index (χ4n) is 1.38. The van der Waals surface area contributed by atoms with Gasteiger partial charge >= 0.3 is 0 Å². The first kappa shape index (κ1) is 15.3. The highest BCUT2D eigenvalue weighted by Gasteiger charge is 1.97. The first-order valence-electron chi connectivity index (χ1n) is 6.13. The third-order valence-electron chi connectivity index (χ3n) is 2.35. The fourth-order valence-corrected chi connectivity index (χ4v) is 1.79. The molecule has 0 radical (unpaired) electrons. The summed E-state index contributed by atoms with van der Waals surface area (Å²) in [5, 5.41) is 3.25. The smallest absolute Gasteiger partial charge is 0.137 e. The molecule has 102 valence electrons. The Bertz CT molecular complexity index is 275. The van der Waals surface area contributed by atoms with Crippen molar-refractivity contribution in [1.82, 2.24) is 10.3 Å². The van der Waals surface area contributed by atoms with Crippen molar-refractivity contribution < 1.29 is 9.47 Å². The first-order valence-corrected chi connectivity index (χ1v) is 7.52. The van der Waals surface area contributed by atoms with Gasteiger partial charge in [-0.2, -0.15) is 11.8 Å². The summed E-state index contributed by atoms with van der Waals surface area (Å²) >= 11 is 1.84. The zero-order chi connectivity index (χ0) is 13.1. The van der Waals surface area contributed by atoms with Crippen LogP contribution in [0, 0.1) is 0 Å². The SMILES string of the molecule is COCCNCc1ccc(OCCCSC)cn1. The van der Waals surface area contributed by atoms with Crippen LogP contribution in [0.15, 0.2) is 18.3 Å². The monoisotopic (exact) mass is 270 g/mol. The molecule has 0 aromatic carbocycles. The third kappa shape index (κ3) is 6.83. The van der Waals surface area contributed by atoms with E-state index in [0.29, 0.717) is 0 Å². The van der Waals surface area contributed by atoms with Crippen molar-refractivity contribution >= 4 is 11.8 Å². The van der Waals surface area contributed by atoms with E-state index < -0.39 is 0 Å². The van der Waals surface area contributed by atoms with Gasteiger partial charge in [0.2, 0.25) is 0 Å². The second kappa shape index (κ2) is 10.2. The van der Waals surface area contributed by atoms with E-state index in [1.54, 1.807) is 13.3 Å². The van der Waals surface area contributed by atoms with E-state index in [0.717, 1.165) is 49.9 Å². The zero-order valence-electron chi connectivity index (χ0n) is 11.1. The molecule has 1 N–H and O–H groups in total. The van der Waals surface area contributed by atoms with Crippen molar-refractivity contribution in [3.8, 4) is 5.75 Å². The molecule has 0 aliphatic rings. The number of thioether (sulfide) groups is 1. The van der Waals surface area contributed by atoms with Gasteiger partial charge in [0.05, 0.1) is 25.1 Å². The molecular weight excluding hydrogens is 248 g/mol. The highest BCUT2D eigenvalue weighted by atomic mass is 32.2. The van der Waals surface area contributed by atoms with Crippen molar-refractivity contribution in [1.29, 1.82) is 0 Å². The van der Waals surface area contributed by atoms with Gasteiger partial charge in [-0.15, -0.1) is 0 Å². The Morgan fingerprint density at radius 3 is 2.89 bits per heavy atom. The summed E-state index contributed by atoms with van der Waals surface area (Å²) in [5.74, 6) is 1.98. The molecule has 0 saturated heterocycles. The second-order valence-corrected chi connectivity index (χ2v) is 4.84. The average molecular weight is 270 g/mol. The van der Waals surface area contributed by atoms with Crippen LogP contribution in [0.2, 0.25) is 0 Å². The largest absolute Gasteiger partial charge is 0.492 e. The van der Waals surface area contributed by atoms with Crippen molar-refractivity contribution in [2.75, 3.05) is 38.9 Å². The number of aromatic nitrogens is 1. The molecule has 0 saturated carbocycles. The molecule has 0 atom stereocenters. The Morgan fingerprint density at radius 2 is 2.22 bits per heavy atom. The summed E-state index contributed by atoms with van der Waals surface area (Å²) in [5.41, 5.74) is 1.02. The first-order chi connectivity index (χ1) is 8.86. The van der Waals surface area contributed by atoms with Crippen LogP contribution in [0.4, 0.5) is 0 Å². The van der Waals surface area contributed by atoms with E-state index in [9.17, 15) is 0 Å². The van der Waals surface area contributed by atoms with Crippen LogP contribution in [0.3, 0.4) is 0 Å². The Kier molecular flexibility index (Phi) is 8.63. The van der Waals surface area contributed by atoms with Gasteiger partial charge in [-0.25, -0.2) is 0 Å². The van der Waals surface area contributed by atoms with Crippen LogP contribution in [0.1, 0.15) is 12.1 Å². The average Bonchev–Trinajstić information content (AvgIpc) is 2.41. The highest BCUT2D eigenvalue weighted by Crippen LogP contribution is 2.09. The number of methoxy groups -OCH3 is 1. The standard InChI is InChI=1S/C13H22N2O2S/c1-16-8-6-14-10-12-4-5-13(11-15-12)17-7-3-9-18-2/h4-5,11,14H,3,6-10H2,1-2H3. The van der Waals surface area contributed by atoms with E-state index in [4.69, 9.17) is 9.47 Å². The molecule has 18 heavy (non-hydrogen) atoms. The fraction of sp³-hybridized carbons (Fsp3) is 0.615. The Morgan fingerprint density at radius 1 is 1.33 bits per heavy atom. The number of nitrogens with zero attached hydrogens (tertiary/aromatic N) is 1. The predicted octanol–water partition coefficient (Wildman–Crippen LogP) is 1.95. The van der Waals surface area contributed by atoms with Crippen molar-refractivity contribution in [3.05, 3.63) is 24.0 Å². The minimum atomic E-state index is 0.719. The lowest BCUT2D eigenvalue weighted by Crippen LogP contribution is -2.19. The Balaban J connectivity index is 2.20. The van der Waals surface area contributed by atoms with Crippen LogP contribution >= 0.6 is 11.8 Å². The molecule has 1 aromatic heterocycles. The molecule has 5 heteroatoms. The maximum atomic E-state index is 5.59. The number of hydrogen-bond acceptors (Lipinski definition) is 5. The summed E-state index contributed by atoms with van der Waals surface area (Å²) in [6, 6.07) is 3.96. The molecule has 0 amide bonds. The number of rotatable bonds is 10. The molecular formula is C13H22N2O2S. The van der Waals surface area contributed by atoms with Crippen LogP contribution < -0.4 is 10.1 Å². The number of pyridine rings is 1. The lowest BCUT2D eigenvalue weighted by atomic mass is 10.3. The van der Waals surface area contributed by atoms with E-state index in [1.165, 1.54) is 0 Å². The second-order valence-electron chi connectivity index (χ2n) is 3.85. The van der Waals surface area contributed by atoms with Crippen LogP contribution in [0.5, 0.6) is 5.75 Å². The summed E-state index contributed by atoms with van der Waals surface area (Å²) in [6.45, 7) is 3.08. The van der Waals surface area contributed by atoms with Crippen molar-refractivity contribution in [2.45, 2.75) is 13.0 Å². The maximum absolute atomic E-state index is 5.59. The third-order valence-corrected chi connectivity index (χ3v) is 3.05. The number of nitrogens with one attached hydrogen (secondary N) is 1. The van der Waals surface area contributed by atoms with E-state index in [1.807, 2.05) is 23.9 Å². The van der Waals surface area contributed by atoms with E-state index in [-0.39, 0.29) is 0 Å². The molecule has 0 aliphatic heterocycles. The molecule has 0 fully saturated rings. The zero-order valence-corrected chi connectivity index (χ0v) is 12.0.